The number of rotatable bonds is 2. The largest absolute Gasteiger partial charge is 0.433 e. The highest BCUT2D eigenvalue weighted by molar-refractivity contribution is 5.85. The number of nitrogens with one attached hydrogen (secondary N) is 1. The molecule has 1 aromatic heterocycles. The molecule has 0 aliphatic rings. The Hall–Kier alpha value is -0.520. The fraction of sp³-hybridized carbons (Fsp3) is 0.375. The highest BCUT2D eigenvalue weighted by Crippen LogP contribution is 2.29. The van der Waals surface area contributed by atoms with Crippen LogP contribution in [-0.4, -0.2) is 12.0 Å². The van der Waals surface area contributed by atoms with Crippen molar-refractivity contribution in [3.8, 4) is 0 Å². The van der Waals surface area contributed by atoms with Gasteiger partial charge in [-0.15, -0.1) is 24.8 Å². The maximum atomic E-state index is 12.3. The topological polar surface area (TPSA) is 24.9 Å². The van der Waals surface area contributed by atoms with Crippen LogP contribution in [0, 0.1) is 0 Å². The van der Waals surface area contributed by atoms with Crippen LogP contribution in [0.3, 0.4) is 0 Å². The molecule has 0 saturated heterocycles. The predicted octanol–water partition coefficient (Wildman–Crippen LogP) is 2.66. The predicted molar refractivity (Wildman–Crippen MR) is 56.5 cm³/mol. The SMILES string of the molecule is CNCc1cccnc1C(F)(F)F.Cl.Cl. The molecule has 88 valence electrons. The van der Waals surface area contributed by atoms with Gasteiger partial charge in [-0.25, -0.2) is 0 Å². The molecule has 0 amide bonds. The minimum absolute atomic E-state index is 0. The van der Waals surface area contributed by atoms with Crippen LogP contribution >= 0.6 is 24.8 Å². The molecule has 0 unspecified atom stereocenters. The van der Waals surface area contributed by atoms with Crippen LogP contribution in [0.25, 0.3) is 0 Å². The minimum Gasteiger partial charge on any atom is -0.316 e. The Balaban J connectivity index is 0. The first-order valence-electron chi connectivity index (χ1n) is 3.71. The van der Waals surface area contributed by atoms with Crippen LogP contribution in [-0.2, 0) is 12.7 Å². The number of nitrogens with zero attached hydrogens (tertiary/aromatic N) is 1. The quantitative estimate of drug-likeness (QED) is 0.887. The maximum absolute atomic E-state index is 12.3. The zero-order valence-electron chi connectivity index (χ0n) is 7.84. The number of halogens is 5. The molecule has 15 heavy (non-hydrogen) atoms. The summed E-state index contributed by atoms with van der Waals surface area (Å²) >= 11 is 0. The Morgan fingerprint density at radius 2 is 1.93 bits per heavy atom. The summed E-state index contributed by atoms with van der Waals surface area (Å²) in [7, 11) is 1.59. The highest BCUT2D eigenvalue weighted by atomic mass is 35.5. The van der Waals surface area contributed by atoms with Crippen LogP contribution in [0.4, 0.5) is 13.2 Å². The third-order valence-corrected chi connectivity index (χ3v) is 1.53. The van der Waals surface area contributed by atoms with E-state index in [2.05, 4.69) is 10.3 Å². The van der Waals surface area contributed by atoms with Crippen molar-refractivity contribution in [1.29, 1.82) is 0 Å². The summed E-state index contributed by atoms with van der Waals surface area (Å²) < 4.78 is 36.8. The standard InChI is InChI=1S/C8H9F3N2.2ClH/c1-12-5-6-3-2-4-13-7(6)8(9,10)11;;/h2-4,12H,5H2,1H3;2*1H. The van der Waals surface area contributed by atoms with Gasteiger partial charge in [0.2, 0.25) is 0 Å². The van der Waals surface area contributed by atoms with Gasteiger partial charge >= 0.3 is 6.18 Å². The monoisotopic (exact) mass is 262 g/mol. The Labute approximate surface area is 98.1 Å². The van der Waals surface area contributed by atoms with Crippen molar-refractivity contribution in [3.05, 3.63) is 29.6 Å². The van der Waals surface area contributed by atoms with Crippen molar-refractivity contribution in [1.82, 2.24) is 10.3 Å². The van der Waals surface area contributed by atoms with Crippen LogP contribution in [0.5, 0.6) is 0 Å². The average Bonchev–Trinajstić information content (AvgIpc) is 2.04. The molecule has 1 N–H and O–H groups in total. The smallest absolute Gasteiger partial charge is 0.316 e. The molecule has 0 atom stereocenters. The lowest BCUT2D eigenvalue weighted by Crippen LogP contribution is -2.15. The number of pyridine rings is 1. The molecule has 0 bridgehead atoms. The molecule has 1 aromatic rings. The fourth-order valence-electron chi connectivity index (χ4n) is 1.03. The zero-order chi connectivity index (χ0) is 9.90. The van der Waals surface area contributed by atoms with Gasteiger partial charge in [0.05, 0.1) is 0 Å². The molecule has 7 heteroatoms. The molecule has 0 aromatic carbocycles. The molecule has 0 aliphatic heterocycles. The van der Waals surface area contributed by atoms with Crippen LogP contribution in [0.2, 0.25) is 0 Å². The summed E-state index contributed by atoms with van der Waals surface area (Å²) in [6.07, 6.45) is -3.23. The van der Waals surface area contributed by atoms with Crippen molar-refractivity contribution in [2.24, 2.45) is 0 Å². The first-order valence-corrected chi connectivity index (χ1v) is 3.71. The van der Waals surface area contributed by atoms with Gasteiger partial charge < -0.3 is 5.32 Å². The summed E-state index contributed by atoms with van der Waals surface area (Å²) in [5.74, 6) is 0. The number of hydrogen-bond acceptors (Lipinski definition) is 2. The zero-order valence-corrected chi connectivity index (χ0v) is 9.47. The lowest BCUT2D eigenvalue weighted by molar-refractivity contribution is -0.141. The van der Waals surface area contributed by atoms with Crippen molar-refractivity contribution in [3.63, 3.8) is 0 Å². The van der Waals surface area contributed by atoms with Gasteiger partial charge in [0, 0.05) is 12.7 Å². The van der Waals surface area contributed by atoms with E-state index in [-0.39, 0.29) is 36.9 Å². The van der Waals surface area contributed by atoms with Crippen LogP contribution in [0.15, 0.2) is 18.3 Å². The Morgan fingerprint density at radius 1 is 1.33 bits per heavy atom. The van der Waals surface area contributed by atoms with E-state index in [1.54, 1.807) is 7.05 Å². The molecule has 1 heterocycles. The third kappa shape index (κ3) is 4.68. The van der Waals surface area contributed by atoms with E-state index in [1.807, 2.05) is 0 Å². The van der Waals surface area contributed by atoms with E-state index < -0.39 is 11.9 Å². The van der Waals surface area contributed by atoms with Gasteiger partial charge in [-0.1, -0.05) is 6.07 Å². The van der Waals surface area contributed by atoms with Crippen LogP contribution in [0.1, 0.15) is 11.3 Å². The Bertz CT molecular complexity index is 291. The number of alkyl halides is 3. The average molecular weight is 263 g/mol. The van der Waals surface area contributed by atoms with Crippen LogP contribution < -0.4 is 5.32 Å². The number of hydrogen-bond donors (Lipinski definition) is 1. The normalized spacial score (nSPS) is 10.1. The van der Waals surface area contributed by atoms with Gasteiger partial charge in [-0.2, -0.15) is 13.2 Å². The lowest BCUT2D eigenvalue weighted by Gasteiger charge is -2.10. The second-order valence-corrected chi connectivity index (χ2v) is 2.54. The molecule has 0 fully saturated rings. The Morgan fingerprint density at radius 3 is 2.40 bits per heavy atom. The van der Waals surface area contributed by atoms with Crippen molar-refractivity contribution in [2.45, 2.75) is 12.7 Å². The minimum atomic E-state index is -4.37. The molecule has 0 saturated carbocycles. The summed E-state index contributed by atoms with van der Waals surface area (Å²) in [5, 5.41) is 2.66. The molecular weight excluding hydrogens is 252 g/mol. The Kier molecular flexibility index (Phi) is 7.74. The molecule has 0 radical (unpaired) electrons. The van der Waals surface area contributed by atoms with E-state index >= 15 is 0 Å². The van der Waals surface area contributed by atoms with E-state index in [1.165, 1.54) is 12.1 Å². The number of aromatic nitrogens is 1. The molecular formula is C8H11Cl2F3N2. The van der Waals surface area contributed by atoms with Crippen molar-refractivity contribution < 1.29 is 13.2 Å². The first-order chi connectivity index (χ1) is 6.05. The van der Waals surface area contributed by atoms with E-state index in [9.17, 15) is 13.2 Å². The first kappa shape index (κ1) is 16.9. The van der Waals surface area contributed by atoms with Gasteiger partial charge in [-0.05, 0) is 18.7 Å². The van der Waals surface area contributed by atoms with E-state index in [0.717, 1.165) is 6.20 Å². The molecule has 1 rings (SSSR count). The molecule has 0 spiro atoms. The third-order valence-electron chi connectivity index (χ3n) is 1.53. The molecule has 0 aliphatic carbocycles. The summed E-state index contributed by atoms with van der Waals surface area (Å²) in [4.78, 5) is 3.30. The van der Waals surface area contributed by atoms with Gasteiger partial charge in [0.25, 0.3) is 0 Å². The lowest BCUT2D eigenvalue weighted by atomic mass is 10.2. The summed E-state index contributed by atoms with van der Waals surface area (Å²) in [6, 6.07) is 2.90. The van der Waals surface area contributed by atoms with E-state index in [4.69, 9.17) is 0 Å². The van der Waals surface area contributed by atoms with Gasteiger partial charge in [0.15, 0.2) is 0 Å². The van der Waals surface area contributed by atoms with E-state index in [0.29, 0.717) is 0 Å². The fourth-order valence-corrected chi connectivity index (χ4v) is 1.03. The van der Waals surface area contributed by atoms with Gasteiger partial charge in [0.1, 0.15) is 5.69 Å². The maximum Gasteiger partial charge on any atom is 0.433 e. The second kappa shape index (κ2) is 6.87. The summed E-state index contributed by atoms with van der Waals surface area (Å²) in [6.45, 7) is 0.169. The van der Waals surface area contributed by atoms with Gasteiger partial charge in [-0.3, -0.25) is 4.98 Å². The summed E-state index contributed by atoms with van der Waals surface area (Å²) in [5.41, 5.74) is -0.651. The highest BCUT2D eigenvalue weighted by Gasteiger charge is 2.34. The van der Waals surface area contributed by atoms with Crippen molar-refractivity contribution in [2.75, 3.05) is 7.05 Å². The van der Waals surface area contributed by atoms with Crippen molar-refractivity contribution >= 4 is 24.8 Å². The second-order valence-electron chi connectivity index (χ2n) is 2.54. The molecule has 2 nitrogen and oxygen atoms in total.